The molecule has 1 heterocycles. The minimum Gasteiger partial charge on any atom is -0.340 e. The average Bonchev–Trinajstić information content (AvgIpc) is 3.27. The van der Waals surface area contributed by atoms with Crippen molar-refractivity contribution in [3.8, 4) is 0 Å². The van der Waals surface area contributed by atoms with E-state index in [0.717, 1.165) is 12.0 Å². The van der Waals surface area contributed by atoms with Crippen molar-refractivity contribution in [2.75, 3.05) is 5.75 Å². The summed E-state index contributed by atoms with van der Waals surface area (Å²) in [5.41, 5.74) is 3.58. The molecule has 0 aliphatic rings. The molecule has 0 saturated carbocycles. The van der Waals surface area contributed by atoms with Gasteiger partial charge in [-0.25, -0.2) is 13.4 Å². The van der Waals surface area contributed by atoms with Crippen molar-refractivity contribution in [1.82, 2.24) is 25.1 Å². The Hall–Kier alpha value is -2.72. The van der Waals surface area contributed by atoms with E-state index in [2.05, 4.69) is 20.6 Å². The lowest BCUT2D eigenvalue weighted by Gasteiger charge is -2.23. The van der Waals surface area contributed by atoms with E-state index in [1.807, 2.05) is 37.6 Å². The summed E-state index contributed by atoms with van der Waals surface area (Å²) >= 11 is 0. The molecule has 2 aromatic rings. The Morgan fingerprint density at radius 3 is 2.65 bits per heavy atom. The van der Waals surface area contributed by atoms with Gasteiger partial charge in [0.1, 0.15) is 6.04 Å². The summed E-state index contributed by atoms with van der Waals surface area (Å²) in [5, 5.41) is 2.74. The van der Waals surface area contributed by atoms with E-state index < -0.39 is 27.9 Å². The van der Waals surface area contributed by atoms with E-state index >= 15 is 0 Å². The first kappa shape index (κ1) is 24.5. The standard InChI is InChI=1S/C21H31N5O4S/c1-4-6-12-31(29,30)25-24-21(28)19(16(3)5-2)23-20(27)18-9-7-8-17(13-18)14-26-11-10-22-15-26/h7-11,13,15-16,19,25H,4-6,12,14H2,1-3H3,(H,23,27)(H,24,28)/t16-,19-/m0/s1. The maximum absolute atomic E-state index is 12.8. The van der Waals surface area contributed by atoms with Crippen LogP contribution < -0.4 is 15.6 Å². The van der Waals surface area contributed by atoms with Crippen LogP contribution in [0.15, 0.2) is 43.0 Å². The number of hydrogen-bond acceptors (Lipinski definition) is 5. The Morgan fingerprint density at radius 1 is 1.23 bits per heavy atom. The Bertz CT molecular complexity index is 960. The van der Waals surface area contributed by atoms with Crippen LogP contribution in [0.4, 0.5) is 0 Å². The van der Waals surface area contributed by atoms with E-state index in [1.54, 1.807) is 30.7 Å². The van der Waals surface area contributed by atoms with Gasteiger partial charge in [0, 0.05) is 24.5 Å². The lowest BCUT2D eigenvalue weighted by Crippen LogP contribution is -2.54. The Labute approximate surface area is 183 Å². The van der Waals surface area contributed by atoms with Crippen LogP contribution in [0, 0.1) is 5.92 Å². The Balaban J connectivity index is 2.06. The van der Waals surface area contributed by atoms with E-state index in [9.17, 15) is 18.0 Å². The summed E-state index contributed by atoms with van der Waals surface area (Å²) in [4.78, 5) is 31.6. The topological polar surface area (TPSA) is 122 Å². The predicted octanol–water partition coefficient (Wildman–Crippen LogP) is 1.83. The first-order chi connectivity index (χ1) is 14.8. The van der Waals surface area contributed by atoms with Gasteiger partial charge in [0.15, 0.2) is 0 Å². The summed E-state index contributed by atoms with van der Waals surface area (Å²) in [5.74, 6) is -1.27. The molecule has 170 valence electrons. The molecular formula is C21H31N5O4S. The molecule has 9 nitrogen and oxygen atoms in total. The maximum Gasteiger partial charge on any atom is 0.257 e. The molecule has 31 heavy (non-hydrogen) atoms. The second kappa shape index (κ2) is 11.6. The molecular weight excluding hydrogens is 418 g/mol. The average molecular weight is 450 g/mol. The number of nitrogens with zero attached hydrogens (tertiary/aromatic N) is 2. The smallest absolute Gasteiger partial charge is 0.257 e. The molecule has 0 aliphatic carbocycles. The lowest BCUT2D eigenvalue weighted by molar-refractivity contribution is -0.124. The zero-order valence-electron chi connectivity index (χ0n) is 18.2. The van der Waals surface area contributed by atoms with Crippen molar-refractivity contribution in [2.24, 2.45) is 5.92 Å². The number of sulfonamides is 1. The molecule has 0 radical (unpaired) electrons. The number of hydrazine groups is 1. The Morgan fingerprint density at radius 2 is 2.00 bits per heavy atom. The number of hydrogen-bond donors (Lipinski definition) is 3. The van der Waals surface area contributed by atoms with Crippen molar-refractivity contribution in [3.05, 3.63) is 54.1 Å². The predicted molar refractivity (Wildman–Crippen MR) is 118 cm³/mol. The van der Waals surface area contributed by atoms with Crippen LogP contribution in [0.5, 0.6) is 0 Å². The zero-order valence-corrected chi connectivity index (χ0v) is 19.0. The molecule has 0 spiro atoms. The number of unbranched alkanes of at least 4 members (excludes halogenated alkanes) is 1. The third-order valence-electron chi connectivity index (χ3n) is 4.99. The molecule has 2 rings (SSSR count). The highest BCUT2D eigenvalue weighted by Gasteiger charge is 2.27. The van der Waals surface area contributed by atoms with Crippen LogP contribution in [0.2, 0.25) is 0 Å². The minimum atomic E-state index is -3.62. The first-order valence-electron chi connectivity index (χ1n) is 10.4. The number of carbonyl (C=O) groups is 2. The van der Waals surface area contributed by atoms with Crippen molar-refractivity contribution in [1.29, 1.82) is 0 Å². The van der Waals surface area contributed by atoms with E-state index in [1.165, 1.54) is 0 Å². The largest absolute Gasteiger partial charge is 0.340 e. The molecule has 2 amide bonds. The number of benzene rings is 1. The van der Waals surface area contributed by atoms with Crippen LogP contribution in [0.25, 0.3) is 0 Å². The van der Waals surface area contributed by atoms with Gasteiger partial charge in [0.25, 0.3) is 11.8 Å². The van der Waals surface area contributed by atoms with Crippen LogP contribution in [0.3, 0.4) is 0 Å². The molecule has 0 unspecified atom stereocenters. The second-order valence-electron chi connectivity index (χ2n) is 7.54. The molecule has 0 bridgehead atoms. The van der Waals surface area contributed by atoms with Gasteiger partial charge in [-0.05, 0) is 30.0 Å². The maximum atomic E-state index is 12.8. The van der Waals surface area contributed by atoms with Gasteiger partial charge in [0.05, 0.1) is 12.1 Å². The molecule has 10 heteroatoms. The van der Waals surface area contributed by atoms with E-state index in [0.29, 0.717) is 24.9 Å². The van der Waals surface area contributed by atoms with Crippen LogP contribution >= 0.6 is 0 Å². The summed E-state index contributed by atoms with van der Waals surface area (Å²) in [7, 11) is -3.62. The summed E-state index contributed by atoms with van der Waals surface area (Å²) in [6.07, 6.45) is 7.05. The number of nitrogens with one attached hydrogen (secondary N) is 3. The van der Waals surface area contributed by atoms with Crippen molar-refractivity contribution in [3.63, 3.8) is 0 Å². The van der Waals surface area contributed by atoms with E-state index in [-0.39, 0.29) is 11.7 Å². The number of imidazole rings is 1. The van der Waals surface area contributed by atoms with Crippen LogP contribution in [-0.4, -0.2) is 41.6 Å². The quantitative estimate of drug-likeness (QED) is 0.427. The van der Waals surface area contributed by atoms with Gasteiger partial charge in [-0.2, -0.15) is 0 Å². The lowest BCUT2D eigenvalue weighted by atomic mass is 9.98. The van der Waals surface area contributed by atoms with Gasteiger partial charge in [-0.3, -0.25) is 15.0 Å². The first-order valence-corrected chi connectivity index (χ1v) is 12.1. The van der Waals surface area contributed by atoms with Crippen molar-refractivity contribution >= 4 is 21.8 Å². The van der Waals surface area contributed by atoms with Gasteiger partial charge in [0.2, 0.25) is 10.0 Å². The second-order valence-corrected chi connectivity index (χ2v) is 9.38. The summed E-state index contributed by atoms with van der Waals surface area (Å²) in [6, 6.07) is 6.23. The molecule has 0 aliphatic heterocycles. The normalized spacial score (nSPS) is 13.4. The number of rotatable bonds is 12. The monoisotopic (exact) mass is 449 g/mol. The fraction of sp³-hybridized carbons (Fsp3) is 0.476. The minimum absolute atomic E-state index is 0.0756. The highest BCUT2D eigenvalue weighted by atomic mass is 32.2. The number of carbonyl (C=O) groups excluding carboxylic acids is 2. The van der Waals surface area contributed by atoms with Crippen LogP contribution in [-0.2, 0) is 21.4 Å². The van der Waals surface area contributed by atoms with Gasteiger partial charge in [-0.15, -0.1) is 4.83 Å². The molecule has 1 aromatic heterocycles. The summed E-state index contributed by atoms with van der Waals surface area (Å²) in [6.45, 7) is 6.17. The Kier molecular flexibility index (Phi) is 9.20. The molecule has 0 saturated heterocycles. The van der Waals surface area contributed by atoms with Gasteiger partial charge in [-0.1, -0.05) is 45.7 Å². The highest BCUT2D eigenvalue weighted by molar-refractivity contribution is 7.89. The van der Waals surface area contributed by atoms with Gasteiger partial charge >= 0.3 is 0 Å². The SMILES string of the molecule is CCCCS(=O)(=O)NNC(=O)[C@@H](NC(=O)c1cccc(Cn2ccnc2)c1)[C@@H](C)CC. The van der Waals surface area contributed by atoms with Crippen molar-refractivity contribution < 1.29 is 18.0 Å². The van der Waals surface area contributed by atoms with Crippen LogP contribution in [0.1, 0.15) is 56.0 Å². The molecule has 0 fully saturated rings. The zero-order chi connectivity index (χ0) is 22.9. The molecule has 3 N–H and O–H groups in total. The van der Waals surface area contributed by atoms with Gasteiger partial charge < -0.3 is 9.88 Å². The molecule has 2 atom stereocenters. The van der Waals surface area contributed by atoms with Crippen molar-refractivity contribution in [2.45, 2.75) is 52.6 Å². The fourth-order valence-corrected chi connectivity index (χ4v) is 3.95. The fourth-order valence-electron chi connectivity index (χ4n) is 2.92. The third-order valence-corrected chi connectivity index (χ3v) is 6.23. The highest BCUT2D eigenvalue weighted by Crippen LogP contribution is 2.12. The number of aromatic nitrogens is 2. The van der Waals surface area contributed by atoms with E-state index in [4.69, 9.17) is 0 Å². The summed E-state index contributed by atoms with van der Waals surface area (Å²) < 4.78 is 25.8. The number of amides is 2. The third kappa shape index (κ3) is 7.80. The molecule has 1 aromatic carbocycles.